The van der Waals surface area contributed by atoms with Crippen molar-refractivity contribution in [3.63, 3.8) is 0 Å². The van der Waals surface area contributed by atoms with Crippen molar-refractivity contribution < 1.29 is 5.11 Å². The van der Waals surface area contributed by atoms with Crippen LogP contribution in [0.25, 0.3) is 11.3 Å². The van der Waals surface area contributed by atoms with Crippen LogP contribution in [0.5, 0.6) is 0 Å². The van der Waals surface area contributed by atoms with Crippen molar-refractivity contribution in [1.82, 2.24) is 9.97 Å². The van der Waals surface area contributed by atoms with Gasteiger partial charge in [0.1, 0.15) is 5.82 Å². The molecule has 0 saturated carbocycles. The fourth-order valence-electron chi connectivity index (χ4n) is 2.37. The third-order valence-corrected chi connectivity index (χ3v) is 4.26. The van der Waals surface area contributed by atoms with Gasteiger partial charge in [-0.1, -0.05) is 59.6 Å². The van der Waals surface area contributed by atoms with Gasteiger partial charge in [-0.2, -0.15) is 4.98 Å². The second-order valence-corrected chi connectivity index (χ2v) is 6.37. The first kappa shape index (κ1) is 18.5. The number of aliphatic hydroxyl groups excluding tert-OH is 1. The van der Waals surface area contributed by atoms with E-state index in [1.807, 2.05) is 36.4 Å². The van der Waals surface area contributed by atoms with Gasteiger partial charge in [0.05, 0.1) is 21.4 Å². The number of halogens is 2. The Morgan fingerprint density at radius 2 is 1.65 bits per heavy atom. The van der Waals surface area contributed by atoms with Crippen molar-refractivity contribution in [2.24, 2.45) is 0 Å². The van der Waals surface area contributed by atoms with Gasteiger partial charge in [0.15, 0.2) is 0 Å². The third-order valence-electron chi connectivity index (χ3n) is 3.63. The Balaban J connectivity index is 1.96. The number of aliphatic hydroxyl groups is 1. The number of hydrogen-bond donors (Lipinski definition) is 3. The third kappa shape index (κ3) is 4.64. The first-order chi connectivity index (χ1) is 12.7. The fourth-order valence-corrected chi connectivity index (χ4v) is 2.86. The van der Waals surface area contributed by atoms with E-state index in [-0.39, 0.29) is 6.61 Å². The maximum atomic E-state index is 8.96. The Morgan fingerprint density at radius 3 is 2.35 bits per heavy atom. The summed E-state index contributed by atoms with van der Waals surface area (Å²) in [4.78, 5) is 9.03. The van der Waals surface area contributed by atoms with Crippen molar-refractivity contribution in [2.75, 3.05) is 23.8 Å². The number of hydrogen-bond acceptors (Lipinski definition) is 5. The number of nitrogens with zero attached hydrogens (tertiary/aromatic N) is 2. The lowest BCUT2D eigenvalue weighted by molar-refractivity contribution is 0.292. The molecule has 5 nitrogen and oxygen atoms in total. The first-order valence-corrected chi connectivity index (χ1v) is 8.93. The summed E-state index contributed by atoms with van der Waals surface area (Å²) in [5.74, 6) is 1.03. The summed E-state index contributed by atoms with van der Waals surface area (Å²) >= 11 is 12.5. The number of para-hydroxylation sites is 1. The monoisotopic (exact) mass is 388 g/mol. The zero-order chi connectivity index (χ0) is 18.4. The molecule has 0 atom stereocenters. The molecule has 0 amide bonds. The molecule has 1 aromatic heterocycles. The van der Waals surface area contributed by atoms with E-state index >= 15 is 0 Å². The van der Waals surface area contributed by atoms with Crippen LogP contribution < -0.4 is 10.6 Å². The van der Waals surface area contributed by atoms with Gasteiger partial charge in [-0.05, 0) is 18.6 Å². The van der Waals surface area contributed by atoms with E-state index in [4.69, 9.17) is 28.3 Å². The standard InChI is InChI=1S/C19H18Cl2N4O/c20-14-8-4-9-15(21)18(14)24-17-12-16(13-6-2-1-3-7-13)23-19(25-17)22-10-5-11-26/h1-4,6-9,12,26H,5,10-11H2,(H2,22,23,24,25). The summed E-state index contributed by atoms with van der Waals surface area (Å²) in [6.45, 7) is 0.673. The molecule has 0 spiro atoms. The van der Waals surface area contributed by atoms with Crippen LogP contribution in [0, 0.1) is 0 Å². The molecule has 0 aliphatic rings. The summed E-state index contributed by atoms with van der Waals surface area (Å²) in [5, 5.41) is 16.3. The highest BCUT2D eigenvalue weighted by Gasteiger charge is 2.10. The van der Waals surface area contributed by atoms with Gasteiger partial charge in [-0.15, -0.1) is 0 Å². The summed E-state index contributed by atoms with van der Waals surface area (Å²) in [6.07, 6.45) is 0.609. The van der Waals surface area contributed by atoms with Crippen LogP contribution in [0.15, 0.2) is 54.6 Å². The van der Waals surface area contributed by atoms with Gasteiger partial charge in [-0.25, -0.2) is 4.98 Å². The van der Waals surface area contributed by atoms with E-state index in [9.17, 15) is 0 Å². The molecule has 7 heteroatoms. The van der Waals surface area contributed by atoms with Crippen molar-refractivity contribution in [3.05, 3.63) is 64.6 Å². The van der Waals surface area contributed by atoms with Crippen LogP contribution in [0.2, 0.25) is 10.0 Å². The predicted octanol–water partition coefficient (Wildman–Crippen LogP) is 4.99. The quantitative estimate of drug-likeness (QED) is 0.497. The number of nitrogens with one attached hydrogen (secondary N) is 2. The SMILES string of the molecule is OCCCNc1nc(Nc2c(Cl)cccc2Cl)cc(-c2ccccc2)n1. The number of rotatable bonds is 7. The van der Waals surface area contributed by atoms with Crippen molar-refractivity contribution in [3.8, 4) is 11.3 Å². The lowest BCUT2D eigenvalue weighted by Crippen LogP contribution is -2.09. The Morgan fingerprint density at radius 1 is 0.923 bits per heavy atom. The summed E-state index contributed by atoms with van der Waals surface area (Å²) in [6, 6.07) is 17.0. The second kappa shape index (κ2) is 8.85. The van der Waals surface area contributed by atoms with Crippen LogP contribution in [-0.4, -0.2) is 28.2 Å². The maximum Gasteiger partial charge on any atom is 0.225 e. The number of anilines is 3. The molecule has 0 aliphatic heterocycles. The predicted molar refractivity (Wildman–Crippen MR) is 107 cm³/mol. The molecule has 0 saturated heterocycles. The highest BCUT2D eigenvalue weighted by atomic mass is 35.5. The molecule has 3 aromatic rings. The van der Waals surface area contributed by atoms with E-state index in [0.717, 1.165) is 11.3 Å². The molecule has 0 radical (unpaired) electrons. The smallest absolute Gasteiger partial charge is 0.225 e. The Labute approximate surface area is 162 Å². The largest absolute Gasteiger partial charge is 0.396 e. The normalized spacial score (nSPS) is 10.6. The summed E-state index contributed by atoms with van der Waals surface area (Å²) in [7, 11) is 0. The lowest BCUT2D eigenvalue weighted by Gasteiger charge is -2.13. The van der Waals surface area contributed by atoms with Crippen LogP contribution in [-0.2, 0) is 0 Å². The minimum Gasteiger partial charge on any atom is -0.396 e. The number of aromatic nitrogens is 2. The van der Waals surface area contributed by atoms with Gasteiger partial charge >= 0.3 is 0 Å². The molecule has 134 valence electrons. The van der Waals surface area contributed by atoms with E-state index in [0.29, 0.717) is 40.5 Å². The first-order valence-electron chi connectivity index (χ1n) is 8.17. The van der Waals surface area contributed by atoms with Gasteiger partial charge in [0, 0.05) is 24.8 Å². The molecule has 3 N–H and O–H groups in total. The molecule has 26 heavy (non-hydrogen) atoms. The molecule has 0 bridgehead atoms. The maximum absolute atomic E-state index is 8.96. The molecular weight excluding hydrogens is 371 g/mol. The fraction of sp³-hybridized carbons (Fsp3) is 0.158. The molecule has 2 aromatic carbocycles. The van der Waals surface area contributed by atoms with Crippen LogP contribution in [0.1, 0.15) is 6.42 Å². The average molecular weight is 389 g/mol. The van der Waals surface area contributed by atoms with E-state index in [1.54, 1.807) is 18.2 Å². The van der Waals surface area contributed by atoms with Crippen molar-refractivity contribution in [2.45, 2.75) is 6.42 Å². The molecular formula is C19H18Cl2N4O. The molecule has 0 unspecified atom stereocenters. The number of benzene rings is 2. The molecule has 3 rings (SSSR count). The second-order valence-electron chi connectivity index (χ2n) is 5.55. The Hall–Kier alpha value is -2.34. The zero-order valence-corrected chi connectivity index (χ0v) is 15.4. The zero-order valence-electron chi connectivity index (χ0n) is 13.9. The molecule has 1 heterocycles. The topological polar surface area (TPSA) is 70.1 Å². The van der Waals surface area contributed by atoms with E-state index in [1.165, 1.54) is 0 Å². The van der Waals surface area contributed by atoms with Gasteiger partial charge in [-0.3, -0.25) is 0 Å². The van der Waals surface area contributed by atoms with Gasteiger partial charge in [0.2, 0.25) is 5.95 Å². The minimum atomic E-state index is 0.103. The van der Waals surface area contributed by atoms with Gasteiger partial charge in [0.25, 0.3) is 0 Å². The molecule has 0 fully saturated rings. The Bertz CT molecular complexity index is 854. The average Bonchev–Trinajstić information content (AvgIpc) is 2.66. The lowest BCUT2D eigenvalue weighted by atomic mass is 10.1. The van der Waals surface area contributed by atoms with Crippen molar-refractivity contribution in [1.29, 1.82) is 0 Å². The summed E-state index contributed by atoms with van der Waals surface area (Å²) < 4.78 is 0. The van der Waals surface area contributed by atoms with Crippen LogP contribution >= 0.6 is 23.2 Å². The highest BCUT2D eigenvalue weighted by Crippen LogP contribution is 2.33. The minimum absolute atomic E-state index is 0.103. The van der Waals surface area contributed by atoms with Crippen LogP contribution in [0.4, 0.5) is 17.5 Å². The van der Waals surface area contributed by atoms with E-state index < -0.39 is 0 Å². The molecule has 0 aliphatic carbocycles. The van der Waals surface area contributed by atoms with Crippen molar-refractivity contribution >= 4 is 40.7 Å². The Kier molecular flexibility index (Phi) is 6.28. The van der Waals surface area contributed by atoms with Gasteiger partial charge < -0.3 is 15.7 Å². The highest BCUT2D eigenvalue weighted by molar-refractivity contribution is 6.39. The van der Waals surface area contributed by atoms with E-state index in [2.05, 4.69) is 20.6 Å². The summed E-state index contributed by atoms with van der Waals surface area (Å²) in [5.41, 5.74) is 2.32. The van der Waals surface area contributed by atoms with Crippen LogP contribution in [0.3, 0.4) is 0 Å².